The zero-order valence-electron chi connectivity index (χ0n) is 11.6. The van der Waals surface area contributed by atoms with Gasteiger partial charge in [-0.2, -0.15) is 0 Å². The first-order valence-corrected chi connectivity index (χ1v) is 7.77. The molecule has 0 radical (unpaired) electrons. The molecular weight excluding hydrogens is 286 g/mol. The third-order valence-corrected chi connectivity index (χ3v) is 4.28. The third-order valence-electron chi connectivity index (χ3n) is 3.38. The highest BCUT2D eigenvalue weighted by Gasteiger charge is 2.18. The van der Waals surface area contributed by atoms with E-state index in [1.807, 2.05) is 19.1 Å². The molecule has 0 fully saturated rings. The summed E-state index contributed by atoms with van der Waals surface area (Å²) in [6, 6.07) is 5.61. The number of benzene rings is 1. The van der Waals surface area contributed by atoms with Gasteiger partial charge in [-0.05, 0) is 18.1 Å². The molecule has 1 aromatic heterocycles. The summed E-state index contributed by atoms with van der Waals surface area (Å²) < 4.78 is 0. The van der Waals surface area contributed by atoms with Crippen LogP contribution in [0.15, 0.2) is 29.4 Å². The van der Waals surface area contributed by atoms with Crippen molar-refractivity contribution in [3.8, 4) is 5.75 Å². The number of para-hydroxylation sites is 1. The highest BCUT2D eigenvalue weighted by atomic mass is 32.2. The number of fused-ring (bicyclic) bond motifs is 1. The van der Waals surface area contributed by atoms with Gasteiger partial charge in [-0.15, -0.1) is 0 Å². The molecule has 0 bridgehead atoms. The largest absolute Gasteiger partial charge is 0.506 e. The van der Waals surface area contributed by atoms with Crippen LogP contribution in [0.5, 0.6) is 5.75 Å². The lowest BCUT2D eigenvalue weighted by Gasteiger charge is -2.09. The number of aliphatic imine (C=N–C) groups is 1. The van der Waals surface area contributed by atoms with Crippen molar-refractivity contribution in [3.05, 3.63) is 35.5 Å². The fraction of sp³-hybridized carbons (Fsp3) is 0.267. The maximum atomic E-state index is 12.2. The van der Waals surface area contributed by atoms with E-state index in [9.17, 15) is 9.90 Å². The van der Waals surface area contributed by atoms with E-state index < -0.39 is 0 Å². The number of carbonyl (C=O) groups is 1. The maximum Gasteiger partial charge on any atom is 0.262 e. The van der Waals surface area contributed by atoms with E-state index in [0.717, 1.165) is 23.3 Å². The van der Waals surface area contributed by atoms with Crippen LogP contribution in [0.1, 0.15) is 22.8 Å². The summed E-state index contributed by atoms with van der Waals surface area (Å²) >= 11 is 1.50. The lowest BCUT2D eigenvalue weighted by Crippen LogP contribution is -2.27. The van der Waals surface area contributed by atoms with Gasteiger partial charge in [0, 0.05) is 17.3 Å². The van der Waals surface area contributed by atoms with Crippen LogP contribution >= 0.6 is 11.8 Å². The summed E-state index contributed by atoms with van der Waals surface area (Å²) in [4.78, 5) is 20.7. The minimum absolute atomic E-state index is 0.0311. The number of carbonyl (C=O) groups excluding carboxylic acids is 1. The Labute approximate surface area is 126 Å². The molecule has 0 atom stereocenters. The second-order valence-corrected chi connectivity index (χ2v) is 5.76. The fourth-order valence-electron chi connectivity index (χ4n) is 2.30. The molecule has 2 N–H and O–H groups in total. The molecule has 21 heavy (non-hydrogen) atoms. The number of amidine groups is 1. The van der Waals surface area contributed by atoms with Crippen molar-refractivity contribution < 1.29 is 9.90 Å². The maximum absolute atomic E-state index is 12.2. The molecule has 1 aliphatic heterocycles. The molecule has 1 aliphatic rings. The number of pyridine rings is 1. The van der Waals surface area contributed by atoms with Crippen molar-refractivity contribution >= 4 is 33.7 Å². The molecule has 0 saturated heterocycles. The van der Waals surface area contributed by atoms with E-state index >= 15 is 0 Å². The number of nitrogens with one attached hydrogen (secondary N) is 1. The Kier molecular flexibility index (Phi) is 3.79. The highest BCUT2D eigenvalue weighted by Crippen LogP contribution is 2.29. The minimum atomic E-state index is -0.378. The van der Waals surface area contributed by atoms with E-state index in [-0.39, 0.29) is 17.2 Å². The van der Waals surface area contributed by atoms with Gasteiger partial charge in [0.05, 0.1) is 12.1 Å². The number of nitrogens with zero attached hydrogens (tertiary/aromatic N) is 2. The van der Waals surface area contributed by atoms with Gasteiger partial charge in [0.15, 0.2) is 5.17 Å². The number of amides is 1. The first kappa shape index (κ1) is 13.9. The molecule has 2 aromatic rings. The number of aromatic hydroxyl groups is 1. The van der Waals surface area contributed by atoms with Crippen molar-refractivity contribution in [2.45, 2.75) is 13.3 Å². The molecule has 0 aliphatic carbocycles. The van der Waals surface area contributed by atoms with Crippen molar-refractivity contribution in [2.75, 3.05) is 12.3 Å². The lowest BCUT2D eigenvalue weighted by molar-refractivity contribution is 0.0975. The van der Waals surface area contributed by atoms with Gasteiger partial charge >= 0.3 is 0 Å². The average Bonchev–Trinajstić information content (AvgIpc) is 3.00. The van der Waals surface area contributed by atoms with Gasteiger partial charge in [-0.3, -0.25) is 14.8 Å². The summed E-state index contributed by atoms with van der Waals surface area (Å²) in [5.74, 6) is 0.464. The number of aryl methyl sites for hydroxylation is 1. The second kappa shape index (κ2) is 5.73. The Morgan fingerprint density at radius 3 is 3.05 bits per heavy atom. The highest BCUT2D eigenvalue weighted by molar-refractivity contribution is 8.14. The molecule has 0 unspecified atom stereocenters. The minimum Gasteiger partial charge on any atom is -0.506 e. The van der Waals surface area contributed by atoms with Gasteiger partial charge < -0.3 is 10.4 Å². The van der Waals surface area contributed by atoms with Crippen LogP contribution in [-0.4, -0.2) is 33.5 Å². The summed E-state index contributed by atoms with van der Waals surface area (Å²) in [6.07, 6.45) is 2.25. The molecule has 5 nitrogen and oxygen atoms in total. The Morgan fingerprint density at radius 2 is 2.33 bits per heavy atom. The molecule has 2 heterocycles. The zero-order valence-corrected chi connectivity index (χ0v) is 12.4. The second-order valence-electron chi connectivity index (χ2n) is 4.68. The summed E-state index contributed by atoms with van der Waals surface area (Å²) in [6.45, 7) is 2.74. The first-order valence-electron chi connectivity index (χ1n) is 6.79. The van der Waals surface area contributed by atoms with Gasteiger partial charge in [-0.1, -0.05) is 30.8 Å². The number of thioether (sulfide) groups is 1. The molecule has 108 valence electrons. The van der Waals surface area contributed by atoms with Crippen LogP contribution in [-0.2, 0) is 6.42 Å². The normalized spacial score (nSPS) is 14.2. The van der Waals surface area contributed by atoms with E-state index in [1.165, 1.54) is 18.0 Å². The quantitative estimate of drug-likeness (QED) is 0.893. The topological polar surface area (TPSA) is 74.6 Å². The van der Waals surface area contributed by atoms with Crippen LogP contribution in [0.3, 0.4) is 0 Å². The zero-order chi connectivity index (χ0) is 14.8. The van der Waals surface area contributed by atoms with Crippen LogP contribution in [0, 0.1) is 0 Å². The molecule has 1 aromatic carbocycles. The van der Waals surface area contributed by atoms with Gasteiger partial charge in [0.25, 0.3) is 5.91 Å². The molecule has 0 spiro atoms. The molecule has 0 saturated carbocycles. The number of hydrogen-bond donors (Lipinski definition) is 2. The number of rotatable bonds is 2. The Balaban J connectivity index is 2.00. The van der Waals surface area contributed by atoms with E-state index in [4.69, 9.17) is 0 Å². The van der Waals surface area contributed by atoms with Crippen molar-refractivity contribution in [1.82, 2.24) is 10.3 Å². The van der Waals surface area contributed by atoms with Crippen LogP contribution in [0.4, 0.5) is 0 Å². The van der Waals surface area contributed by atoms with Crippen LogP contribution < -0.4 is 5.32 Å². The molecule has 6 heteroatoms. The third kappa shape index (κ3) is 2.58. The lowest BCUT2D eigenvalue weighted by atomic mass is 10.0. The van der Waals surface area contributed by atoms with Crippen molar-refractivity contribution in [2.24, 2.45) is 4.99 Å². The summed E-state index contributed by atoms with van der Waals surface area (Å²) in [5.41, 5.74) is 1.96. The monoisotopic (exact) mass is 301 g/mol. The molecule has 3 rings (SSSR count). The van der Waals surface area contributed by atoms with Crippen LogP contribution in [0.25, 0.3) is 10.9 Å². The van der Waals surface area contributed by atoms with E-state index in [1.54, 1.807) is 6.07 Å². The average molecular weight is 301 g/mol. The Bertz CT molecular complexity index is 743. The van der Waals surface area contributed by atoms with Crippen molar-refractivity contribution in [1.29, 1.82) is 0 Å². The molecular formula is C15H15N3O2S. The van der Waals surface area contributed by atoms with Gasteiger partial charge in [0.1, 0.15) is 11.3 Å². The van der Waals surface area contributed by atoms with E-state index in [0.29, 0.717) is 17.1 Å². The summed E-state index contributed by atoms with van der Waals surface area (Å²) in [5, 5.41) is 14.3. The predicted molar refractivity (Wildman–Crippen MR) is 85.0 cm³/mol. The number of aromatic nitrogens is 1. The van der Waals surface area contributed by atoms with Gasteiger partial charge in [-0.25, -0.2) is 0 Å². The smallest absolute Gasteiger partial charge is 0.262 e. The standard InChI is InChI=1S/C15H15N3O2S/c1-2-9-4-3-5-10-12(9)17-8-11(13(10)19)14(20)18-15-16-6-7-21-15/h3-5,8H,2,6-7H2,1H3,(H,17,19)(H,16,18,20). The number of hydrogen-bond acceptors (Lipinski definition) is 5. The molecule has 1 amide bonds. The Morgan fingerprint density at radius 1 is 1.48 bits per heavy atom. The van der Waals surface area contributed by atoms with Gasteiger partial charge in [0.2, 0.25) is 0 Å². The SMILES string of the molecule is CCc1cccc2c(O)c(C(=O)NC3=NCCS3)cnc12. The first-order chi connectivity index (χ1) is 10.2. The predicted octanol–water partition coefficient (Wildman–Crippen LogP) is 2.34. The van der Waals surface area contributed by atoms with Crippen LogP contribution in [0.2, 0.25) is 0 Å². The van der Waals surface area contributed by atoms with Crippen molar-refractivity contribution in [3.63, 3.8) is 0 Å². The fourth-order valence-corrected chi connectivity index (χ4v) is 3.02. The Hall–Kier alpha value is -2.08. The summed E-state index contributed by atoms with van der Waals surface area (Å²) in [7, 11) is 0. The van der Waals surface area contributed by atoms with E-state index in [2.05, 4.69) is 15.3 Å².